The van der Waals surface area contributed by atoms with Crippen molar-refractivity contribution in [1.82, 2.24) is 5.32 Å². The molecule has 1 N–H and O–H groups in total. The standard InChI is InChI=1S/C28H31NO4/c1-19-14-25(30-2)28(33-18-20-8-6-5-7-9-20)15-21(19)10-11-24-23-17-27(32-4)26(31-3)16-22(23)12-13-29-24/h5-11,14-17,24,29H,12-13,18H2,1-4H3. The molecule has 0 radical (unpaired) electrons. The predicted molar refractivity (Wildman–Crippen MR) is 132 cm³/mol. The average Bonchev–Trinajstić information content (AvgIpc) is 2.86. The summed E-state index contributed by atoms with van der Waals surface area (Å²) < 4.78 is 22.7. The number of benzene rings is 3. The molecule has 0 saturated carbocycles. The van der Waals surface area contributed by atoms with Gasteiger partial charge in [-0.15, -0.1) is 0 Å². The fraction of sp³-hybridized carbons (Fsp3) is 0.286. The van der Waals surface area contributed by atoms with Crippen LogP contribution < -0.4 is 24.3 Å². The number of ether oxygens (including phenoxy) is 4. The monoisotopic (exact) mass is 445 g/mol. The smallest absolute Gasteiger partial charge is 0.162 e. The molecule has 0 fully saturated rings. The number of methoxy groups -OCH3 is 3. The van der Waals surface area contributed by atoms with Gasteiger partial charge in [-0.25, -0.2) is 0 Å². The van der Waals surface area contributed by atoms with Crippen molar-refractivity contribution in [2.45, 2.75) is 26.0 Å². The van der Waals surface area contributed by atoms with Crippen LogP contribution in [0, 0.1) is 6.92 Å². The number of nitrogens with one attached hydrogen (secondary N) is 1. The van der Waals surface area contributed by atoms with E-state index in [1.54, 1.807) is 21.3 Å². The average molecular weight is 446 g/mol. The third-order valence-electron chi connectivity index (χ3n) is 6.00. The van der Waals surface area contributed by atoms with Crippen LogP contribution in [0.1, 0.15) is 33.9 Å². The maximum Gasteiger partial charge on any atom is 0.162 e. The molecule has 172 valence electrons. The minimum atomic E-state index is 0.0868. The molecule has 0 aliphatic carbocycles. The second kappa shape index (κ2) is 10.5. The maximum atomic E-state index is 6.11. The lowest BCUT2D eigenvalue weighted by molar-refractivity contribution is 0.284. The Morgan fingerprint density at radius 2 is 1.58 bits per heavy atom. The van der Waals surface area contributed by atoms with Crippen LogP contribution in [0.3, 0.4) is 0 Å². The molecule has 33 heavy (non-hydrogen) atoms. The van der Waals surface area contributed by atoms with E-state index in [-0.39, 0.29) is 6.04 Å². The second-order valence-electron chi connectivity index (χ2n) is 8.08. The molecule has 1 aliphatic rings. The van der Waals surface area contributed by atoms with Crippen LogP contribution in [0.2, 0.25) is 0 Å². The quantitative estimate of drug-likeness (QED) is 0.496. The minimum absolute atomic E-state index is 0.0868. The Morgan fingerprint density at radius 1 is 0.879 bits per heavy atom. The zero-order valence-electron chi connectivity index (χ0n) is 19.7. The predicted octanol–water partition coefficient (Wildman–Crippen LogP) is 5.50. The van der Waals surface area contributed by atoms with Gasteiger partial charge in [-0.2, -0.15) is 0 Å². The lowest BCUT2D eigenvalue weighted by Gasteiger charge is -2.26. The number of hydrogen-bond donors (Lipinski definition) is 1. The summed E-state index contributed by atoms with van der Waals surface area (Å²) >= 11 is 0. The summed E-state index contributed by atoms with van der Waals surface area (Å²) in [5, 5.41) is 3.60. The maximum absolute atomic E-state index is 6.11. The van der Waals surface area contributed by atoms with Crippen molar-refractivity contribution < 1.29 is 18.9 Å². The van der Waals surface area contributed by atoms with Crippen molar-refractivity contribution in [2.24, 2.45) is 0 Å². The van der Waals surface area contributed by atoms with Gasteiger partial charge in [-0.3, -0.25) is 0 Å². The summed E-state index contributed by atoms with van der Waals surface area (Å²) in [7, 11) is 5.01. The van der Waals surface area contributed by atoms with Crippen molar-refractivity contribution in [3.05, 3.63) is 88.5 Å². The van der Waals surface area contributed by atoms with E-state index < -0.39 is 0 Å². The van der Waals surface area contributed by atoms with Crippen LogP contribution in [-0.4, -0.2) is 27.9 Å². The van der Waals surface area contributed by atoms with Crippen LogP contribution in [-0.2, 0) is 13.0 Å². The fourth-order valence-electron chi connectivity index (χ4n) is 4.15. The van der Waals surface area contributed by atoms with Crippen molar-refractivity contribution >= 4 is 6.08 Å². The van der Waals surface area contributed by atoms with Gasteiger partial charge in [0.25, 0.3) is 0 Å². The Morgan fingerprint density at radius 3 is 2.30 bits per heavy atom. The van der Waals surface area contributed by atoms with E-state index in [1.807, 2.05) is 30.3 Å². The second-order valence-corrected chi connectivity index (χ2v) is 8.08. The molecule has 3 aromatic carbocycles. The van der Waals surface area contributed by atoms with Gasteiger partial charge < -0.3 is 24.3 Å². The van der Waals surface area contributed by atoms with E-state index >= 15 is 0 Å². The van der Waals surface area contributed by atoms with Gasteiger partial charge in [0, 0.05) is 6.54 Å². The lowest BCUT2D eigenvalue weighted by Crippen LogP contribution is -2.28. The Bertz CT molecular complexity index is 1120. The summed E-state index contributed by atoms with van der Waals surface area (Å²) in [5.74, 6) is 2.98. The van der Waals surface area contributed by atoms with E-state index in [1.165, 1.54) is 11.1 Å². The third kappa shape index (κ3) is 5.15. The molecule has 3 aromatic rings. The highest BCUT2D eigenvalue weighted by Gasteiger charge is 2.21. The van der Waals surface area contributed by atoms with Crippen LogP contribution in [0.25, 0.3) is 6.08 Å². The largest absolute Gasteiger partial charge is 0.493 e. The Kier molecular flexibility index (Phi) is 7.20. The Balaban J connectivity index is 1.59. The lowest BCUT2D eigenvalue weighted by atomic mass is 9.92. The van der Waals surface area contributed by atoms with Crippen molar-refractivity contribution in [2.75, 3.05) is 27.9 Å². The zero-order chi connectivity index (χ0) is 23.2. The summed E-state index contributed by atoms with van der Waals surface area (Å²) in [6.07, 6.45) is 5.30. The molecule has 0 bridgehead atoms. The van der Waals surface area contributed by atoms with Crippen molar-refractivity contribution in [3.8, 4) is 23.0 Å². The Labute approximate surface area is 196 Å². The molecule has 0 spiro atoms. The van der Waals surface area contributed by atoms with Crippen LogP contribution in [0.15, 0.2) is 60.7 Å². The first-order valence-corrected chi connectivity index (χ1v) is 11.1. The summed E-state index contributed by atoms with van der Waals surface area (Å²) in [4.78, 5) is 0. The van der Waals surface area contributed by atoms with E-state index in [9.17, 15) is 0 Å². The van der Waals surface area contributed by atoms with Gasteiger partial charge in [0.05, 0.1) is 27.4 Å². The molecule has 5 heteroatoms. The van der Waals surface area contributed by atoms with Crippen molar-refractivity contribution in [3.63, 3.8) is 0 Å². The van der Waals surface area contributed by atoms with Crippen LogP contribution >= 0.6 is 0 Å². The number of hydrogen-bond acceptors (Lipinski definition) is 5. The molecule has 1 heterocycles. The first-order valence-electron chi connectivity index (χ1n) is 11.1. The highest BCUT2D eigenvalue weighted by Crippen LogP contribution is 2.36. The summed E-state index contributed by atoms with van der Waals surface area (Å²) in [5.41, 5.74) is 5.82. The van der Waals surface area contributed by atoms with Crippen LogP contribution in [0.4, 0.5) is 0 Å². The first kappa shape index (κ1) is 22.7. The van der Waals surface area contributed by atoms with E-state index in [0.29, 0.717) is 6.61 Å². The summed E-state index contributed by atoms with van der Waals surface area (Å²) in [6, 6.07) is 18.5. The molecular formula is C28H31NO4. The molecule has 5 nitrogen and oxygen atoms in total. The molecule has 0 saturated heterocycles. The SMILES string of the molecule is COc1cc2c(cc1OC)C(C=Cc1cc(OCc3ccccc3)c(OC)cc1C)NCC2. The highest BCUT2D eigenvalue weighted by atomic mass is 16.5. The first-order chi connectivity index (χ1) is 16.1. The normalized spacial score (nSPS) is 15.2. The zero-order valence-corrected chi connectivity index (χ0v) is 19.7. The number of aryl methyl sites for hydroxylation is 1. The molecule has 1 atom stereocenters. The van der Waals surface area contributed by atoms with Crippen LogP contribution in [0.5, 0.6) is 23.0 Å². The third-order valence-corrected chi connectivity index (χ3v) is 6.00. The van der Waals surface area contributed by atoms with E-state index in [2.05, 4.69) is 48.7 Å². The molecule has 4 rings (SSSR count). The van der Waals surface area contributed by atoms with Gasteiger partial charge >= 0.3 is 0 Å². The van der Waals surface area contributed by atoms with Gasteiger partial charge in [-0.1, -0.05) is 42.5 Å². The minimum Gasteiger partial charge on any atom is -0.493 e. The Hall–Kier alpha value is -3.44. The molecule has 1 aliphatic heterocycles. The topological polar surface area (TPSA) is 49.0 Å². The molecule has 1 unspecified atom stereocenters. The fourth-order valence-corrected chi connectivity index (χ4v) is 4.15. The number of fused-ring (bicyclic) bond motifs is 1. The highest BCUT2D eigenvalue weighted by molar-refractivity contribution is 5.61. The van der Waals surface area contributed by atoms with E-state index in [0.717, 1.165) is 52.7 Å². The molecule has 0 aromatic heterocycles. The van der Waals surface area contributed by atoms with Gasteiger partial charge in [0.2, 0.25) is 0 Å². The molecule has 0 amide bonds. The summed E-state index contributed by atoms with van der Waals surface area (Å²) in [6.45, 7) is 3.48. The molecular weight excluding hydrogens is 414 g/mol. The van der Waals surface area contributed by atoms with Gasteiger partial charge in [0.1, 0.15) is 6.61 Å². The van der Waals surface area contributed by atoms with Gasteiger partial charge in [-0.05, 0) is 65.4 Å². The number of rotatable bonds is 8. The van der Waals surface area contributed by atoms with Crippen molar-refractivity contribution in [1.29, 1.82) is 0 Å². The van der Waals surface area contributed by atoms with E-state index in [4.69, 9.17) is 18.9 Å². The van der Waals surface area contributed by atoms with Gasteiger partial charge in [0.15, 0.2) is 23.0 Å².